The van der Waals surface area contributed by atoms with Gasteiger partial charge >= 0.3 is 14.0 Å². The van der Waals surface area contributed by atoms with Crippen molar-refractivity contribution in [2.45, 2.75) is 6.92 Å². The Kier molecular flexibility index (Phi) is 4.25. The summed E-state index contributed by atoms with van der Waals surface area (Å²) in [5.74, 6) is -0.357. The number of hydrogen-bond acceptors (Lipinski definition) is 4. The van der Waals surface area contributed by atoms with Gasteiger partial charge in [0.05, 0.1) is 6.54 Å². The van der Waals surface area contributed by atoms with Crippen LogP contribution in [0.3, 0.4) is 0 Å². The third-order valence-electron chi connectivity index (χ3n) is 2.40. The number of carbonyl (C=O) groups is 1. The summed E-state index contributed by atoms with van der Waals surface area (Å²) in [5, 5.41) is 0. The van der Waals surface area contributed by atoms with Gasteiger partial charge in [-0.3, -0.25) is 9.69 Å². The van der Waals surface area contributed by atoms with E-state index in [0.717, 1.165) is 32.7 Å². The van der Waals surface area contributed by atoms with Crippen molar-refractivity contribution in [3.8, 4) is 0 Å². The second-order valence-corrected chi connectivity index (χ2v) is 3.20. The molecule has 13 heavy (non-hydrogen) atoms. The maximum atomic E-state index is 10.8. The van der Waals surface area contributed by atoms with E-state index in [-0.39, 0.29) is 5.97 Å². The molecule has 0 aromatic carbocycles. The van der Waals surface area contributed by atoms with Crippen LogP contribution in [0.4, 0.5) is 0 Å². The van der Waals surface area contributed by atoms with Gasteiger partial charge in [-0.15, -0.1) is 0 Å². The van der Waals surface area contributed by atoms with E-state index in [0.29, 0.717) is 6.54 Å². The minimum absolute atomic E-state index is 0.314. The Morgan fingerprint density at radius 2 is 1.85 bits per heavy atom. The second-order valence-electron chi connectivity index (χ2n) is 3.20. The molecule has 0 amide bonds. The van der Waals surface area contributed by atoms with Crippen LogP contribution >= 0.6 is 0 Å². The van der Waals surface area contributed by atoms with Gasteiger partial charge in [-0.2, -0.15) is 0 Å². The van der Waals surface area contributed by atoms with Crippen LogP contribution in [0.25, 0.3) is 0 Å². The topological polar surface area (TPSA) is 32.8 Å². The average Bonchev–Trinajstić information content (AvgIpc) is 2.19. The lowest BCUT2D eigenvalue weighted by atomic mass is 10.3. The first-order valence-corrected chi connectivity index (χ1v) is 4.60. The quantitative estimate of drug-likeness (QED) is 0.537. The molecule has 1 saturated heterocycles. The van der Waals surface area contributed by atoms with Crippen molar-refractivity contribution in [1.82, 2.24) is 9.80 Å². The minimum Gasteiger partial charge on any atom is -0.542 e. The molecule has 0 N–H and O–H groups in total. The molecule has 0 unspecified atom stereocenters. The molecule has 0 aromatic heterocycles. The summed E-state index contributed by atoms with van der Waals surface area (Å²) >= 11 is 0. The van der Waals surface area contributed by atoms with Crippen molar-refractivity contribution in [2.75, 3.05) is 39.3 Å². The predicted octanol–water partition coefficient (Wildman–Crippen LogP) is -0.749. The molecule has 0 saturated carbocycles. The SMILES string of the molecule is [B]OC(=O)CN1CCN(CC)CC1. The van der Waals surface area contributed by atoms with Gasteiger partial charge in [-0.1, -0.05) is 6.92 Å². The van der Waals surface area contributed by atoms with Gasteiger partial charge < -0.3 is 9.55 Å². The molecular weight excluding hydrogens is 167 g/mol. The third-order valence-corrected chi connectivity index (χ3v) is 2.40. The molecule has 0 aromatic rings. The van der Waals surface area contributed by atoms with Crippen LogP contribution in [0.2, 0.25) is 0 Å². The Bertz CT molecular complexity index is 170. The molecule has 72 valence electrons. The highest BCUT2D eigenvalue weighted by atomic mass is 16.5. The van der Waals surface area contributed by atoms with E-state index in [1.807, 2.05) is 0 Å². The molecule has 1 aliphatic rings. The highest BCUT2D eigenvalue weighted by Gasteiger charge is 2.17. The first kappa shape index (κ1) is 10.5. The Balaban J connectivity index is 2.21. The summed E-state index contributed by atoms with van der Waals surface area (Å²) in [6.45, 7) is 7.42. The van der Waals surface area contributed by atoms with E-state index in [2.05, 4.69) is 21.4 Å². The van der Waals surface area contributed by atoms with Crippen molar-refractivity contribution < 1.29 is 9.45 Å². The van der Waals surface area contributed by atoms with Gasteiger partial charge in [0.15, 0.2) is 0 Å². The standard InChI is InChI=1S/C8H15BN2O2/c1-2-10-3-5-11(6-4-10)7-8(12)13-9/h2-7H2,1H3. The first-order valence-electron chi connectivity index (χ1n) is 4.60. The zero-order chi connectivity index (χ0) is 9.68. The molecule has 4 nitrogen and oxygen atoms in total. The first-order chi connectivity index (χ1) is 6.26. The zero-order valence-corrected chi connectivity index (χ0v) is 8.03. The lowest BCUT2D eigenvalue weighted by Crippen LogP contribution is -2.47. The number of rotatable bonds is 3. The van der Waals surface area contributed by atoms with Crippen LogP contribution in [0.15, 0.2) is 0 Å². The minimum atomic E-state index is -0.357. The molecule has 5 heteroatoms. The molecule has 1 heterocycles. The second kappa shape index (κ2) is 5.24. The summed E-state index contributed by atoms with van der Waals surface area (Å²) in [7, 11) is 4.76. The van der Waals surface area contributed by atoms with Gasteiger partial charge in [-0.25, -0.2) is 0 Å². The number of hydrogen-bond donors (Lipinski definition) is 0. The summed E-state index contributed by atoms with van der Waals surface area (Å²) in [5.41, 5.74) is 0. The molecule has 0 spiro atoms. The van der Waals surface area contributed by atoms with Crippen LogP contribution in [0.5, 0.6) is 0 Å². The van der Waals surface area contributed by atoms with Crippen molar-refractivity contribution in [1.29, 1.82) is 0 Å². The van der Waals surface area contributed by atoms with Crippen LogP contribution in [-0.2, 0) is 9.45 Å². The number of likely N-dealkylation sites (N-methyl/N-ethyl adjacent to an activating group) is 1. The molecular formula is C8H15BN2O2. The molecule has 1 fully saturated rings. The van der Waals surface area contributed by atoms with Crippen molar-refractivity contribution in [3.63, 3.8) is 0 Å². The van der Waals surface area contributed by atoms with Gasteiger partial charge in [0.1, 0.15) is 0 Å². The van der Waals surface area contributed by atoms with Gasteiger partial charge in [0, 0.05) is 26.2 Å². The zero-order valence-electron chi connectivity index (χ0n) is 8.03. The maximum absolute atomic E-state index is 10.8. The number of nitrogens with zero attached hydrogens (tertiary/aromatic N) is 2. The van der Waals surface area contributed by atoms with Crippen LogP contribution < -0.4 is 0 Å². The normalized spacial score (nSPS) is 20.1. The van der Waals surface area contributed by atoms with E-state index in [4.69, 9.17) is 8.05 Å². The predicted molar refractivity (Wildman–Crippen MR) is 50.4 cm³/mol. The van der Waals surface area contributed by atoms with E-state index in [1.165, 1.54) is 0 Å². The fourth-order valence-electron chi connectivity index (χ4n) is 1.48. The van der Waals surface area contributed by atoms with Crippen LogP contribution in [-0.4, -0.2) is 63.1 Å². The smallest absolute Gasteiger partial charge is 0.378 e. The lowest BCUT2D eigenvalue weighted by molar-refractivity contribution is -0.135. The molecule has 1 rings (SSSR count). The van der Waals surface area contributed by atoms with E-state index >= 15 is 0 Å². The monoisotopic (exact) mass is 182 g/mol. The lowest BCUT2D eigenvalue weighted by Gasteiger charge is -2.33. The van der Waals surface area contributed by atoms with Crippen molar-refractivity contribution >= 4 is 14.0 Å². The molecule has 0 aliphatic carbocycles. The Morgan fingerprint density at radius 1 is 1.31 bits per heavy atom. The highest BCUT2D eigenvalue weighted by molar-refractivity contribution is 6.05. The largest absolute Gasteiger partial charge is 0.542 e. The van der Waals surface area contributed by atoms with Crippen LogP contribution in [0.1, 0.15) is 6.92 Å². The summed E-state index contributed by atoms with van der Waals surface area (Å²) < 4.78 is 4.11. The van der Waals surface area contributed by atoms with Crippen LogP contribution in [0, 0.1) is 0 Å². The van der Waals surface area contributed by atoms with Gasteiger partial charge in [0.2, 0.25) is 0 Å². The molecule has 1 aliphatic heterocycles. The van der Waals surface area contributed by atoms with E-state index in [1.54, 1.807) is 0 Å². The summed E-state index contributed by atoms with van der Waals surface area (Å²) in [6.07, 6.45) is 0. The Hall–Kier alpha value is -0.545. The fourth-order valence-corrected chi connectivity index (χ4v) is 1.48. The Morgan fingerprint density at radius 3 is 2.31 bits per heavy atom. The fraction of sp³-hybridized carbons (Fsp3) is 0.875. The van der Waals surface area contributed by atoms with E-state index < -0.39 is 0 Å². The van der Waals surface area contributed by atoms with Crippen molar-refractivity contribution in [2.24, 2.45) is 0 Å². The Labute approximate surface area is 80.3 Å². The highest BCUT2D eigenvalue weighted by Crippen LogP contribution is 2.00. The number of carbonyl (C=O) groups excluding carboxylic acids is 1. The number of piperazine rings is 1. The summed E-state index contributed by atoms with van der Waals surface area (Å²) in [6, 6.07) is 0. The third kappa shape index (κ3) is 3.36. The average molecular weight is 182 g/mol. The van der Waals surface area contributed by atoms with Gasteiger partial charge in [-0.05, 0) is 6.54 Å². The molecule has 0 bridgehead atoms. The van der Waals surface area contributed by atoms with Gasteiger partial charge in [0.25, 0.3) is 0 Å². The molecule has 2 radical (unpaired) electrons. The summed E-state index contributed by atoms with van der Waals surface area (Å²) in [4.78, 5) is 15.2. The molecule has 0 atom stereocenters. The van der Waals surface area contributed by atoms with Crippen molar-refractivity contribution in [3.05, 3.63) is 0 Å². The van der Waals surface area contributed by atoms with E-state index in [9.17, 15) is 4.79 Å². The maximum Gasteiger partial charge on any atom is 0.378 e.